The summed E-state index contributed by atoms with van der Waals surface area (Å²) < 4.78 is 18.6. The van der Waals surface area contributed by atoms with Gasteiger partial charge in [-0.05, 0) is 57.1 Å². The zero-order chi connectivity index (χ0) is 13.8. The number of methoxy groups -OCH3 is 1. The van der Waals surface area contributed by atoms with Gasteiger partial charge in [0.25, 0.3) is 0 Å². The van der Waals surface area contributed by atoms with E-state index >= 15 is 0 Å². The molecule has 0 aromatic heterocycles. The first-order chi connectivity index (χ1) is 9.10. The topological polar surface area (TPSA) is 24.5 Å². The van der Waals surface area contributed by atoms with Gasteiger partial charge >= 0.3 is 0 Å². The van der Waals surface area contributed by atoms with E-state index in [0.717, 1.165) is 18.7 Å². The van der Waals surface area contributed by atoms with Crippen LogP contribution < -0.4 is 10.1 Å². The molecule has 1 heterocycles. The Bertz CT molecular complexity index is 425. The van der Waals surface area contributed by atoms with Crippen molar-refractivity contribution < 1.29 is 9.13 Å². The zero-order valence-electron chi connectivity index (χ0n) is 11.9. The second-order valence-corrected chi connectivity index (χ2v) is 5.44. The smallest absolute Gasteiger partial charge is 0.165 e. The number of hydrogen-bond donors (Lipinski definition) is 1. The molecule has 0 radical (unpaired) electrons. The minimum atomic E-state index is -0.297. The van der Waals surface area contributed by atoms with Crippen molar-refractivity contribution in [3.8, 4) is 5.75 Å². The fourth-order valence-corrected chi connectivity index (χ4v) is 2.61. The van der Waals surface area contributed by atoms with E-state index < -0.39 is 0 Å². The Balaban J connectivity index is 1.89. The van der Waals surface area contributed by atoms with Crippen molar-refractivity contribution in [2.45, 2.75) is 19.4 Å². The molecule has 1 aromatic carbocycles. The van der Waals surface area contributed by atoms with Crippen molar-refractivity contribution in [3.63, 3.8) is 0 Å². The van der Waals surface area contributed by atoms with Gasteiger partial charge in [0.1, 0.15) is 0 Å². The number of nitrogens with zero attached hydrogens (tertiary/aromatic N) is 1. The van der Waals surface area contributed by atoms with Crippen molar-refractivity contribution in [3.05, 3.63) is 29.6 Å². The molecule has 2 atom stereocenters. The molecule has 2 unspecified atom stereocenters. The van der Waals surface area contributed by atoms with Gasteiger partial charge in [0.2, 0.25) is 0 Å². The molecule has 1 aliphatic heterocycles. The molecule has 0 aliphatic carbocycles. The third kappa shape index (κ3) is 3.67. The van der Waals surface area contributed by atoms with Gasteiger partial charge in [0.05, 0.1) is 7.11 Å². The zero-order valence-corrected chi connectivity index (χ0v) is 11.9. The van der Waals surface area contributed by atoms with E-state index in [9.17, 15) is 4.39 Å². The van der Waals surface area contributed by atoms with Gasteiger partial charge in [-0.1, -0.05) is 6.07 Å². The number of ether oxygens (including phenoxy) is 1. The Morgan fingerprint density at radius 2 is 2.32 bits per heavy atom. The minimum Gasteiger partial charge on any atom is -0.494 e. The lowest BCUT2D eigenvalue weighted by Crippen LogP contribution is -2.27. The SMILES string of the molecule is COc1ccc(C(C)NCC2CCN(C)C2)cc1F. The second-order valence-electron chi connectivity index (χ2n) is 5.44. The number of rotatable bonds is 5. The average molecular weight is 266 g/mol. The fraction of sp³-hybridized carbons (Fsp3) is 0.600. The molecule has 19 heavy (non-hydrogen) atoms. The van der Waals surface area contributed by atoms with Crippen LogP contribution in [0.15, 0.2) is 18.2 Å². The van der Waals surface area contributed by atoms with Crippen molar-refractivity contribution in [2.75, 3.05) is 33.8 Å². The molecule has 0 amide bonds. The minimum absolute atomic E-state index is 0.159. The van der Waals surface area contributed by atoms with Gasteiger partial charge < -0.3 is 15.0 Å². The molecule has 1 fully saturated rings. The summed E-state index contributed by atoms with van der Waals surface area (Å²) in [5.41, 5.74) is 0.963. The highest BCUT2D eigenvalue weighted by atomic mass is 19.1. The summed E-state index contributed by atoms with van der Waals surface area (Å²) in [7, 11) is 3.64. The van der Waals surface area contributed by atoms with Crippen LogP contribution >= 0.6 is 0 Å². The van der Waals surface area contributed by atoms with E-state index in [1.165, 1.54) is 20.1 Å². The van der Waals surface area contributed by atoms with Gasteiger partial charge in [-0.3, -0.25) is 0 Å². The standard InChI is InChI=1S/C15H23FN2O/c1-11(17-9-12-6-7-18(2)10-12)13-4-5-15(19-3)14(16)8-13/h4-5,8,11-12,17H,6-7,9-10H2,1-3H3. The van der Waals surface area contributed by atoms with Crippen LogP contribution in [0.25, 0.3) is 0 Å². The molecule has 1 saturated heterocycles. The summed E-state index contributed by atoms with van der Waals surface area (Å²) in [5, 5.41) is 3.49. The normalized spacial score (nSPS) is 21.6. The second kappa shape index (κ2) is 6.35. The van der Waals surface area contributed by atoms with Gasteiger partial charge in [0, 0.05) is 12.6 Å². The highest BCUT2D eigenvalue weighted by molar-refractivity contribution is 5.30. The largest absolute Gasteiger partial charge is 0.494 e. The molecule has 2 rings (SSSR count). The molecule has 1 aromatic rings. The monoisotopic (exact) mass is 266 g/mol. The molecule has 0 spiro atoms. The van der Waals surface area contributed by atoms with Crippen LogP contribution in [0.5, 0.6) is 5.75 Å². The van der Waals surface area contributed by atoms with Crippen molar-refractivity contribution in [1.82, 2.24) is 10.2 Å². The van der Waals surface area contributed by atoms with Gasteiger partial charge in [-0.25, -0.2) is 4.39 Å². The van der Waals surface area contributed by atoms with E-state index in [4.69, 9.17) is 4.74 Å². The van der Waals surface area contributed by atoms with Gasteiger partial charge in [-0.15, -0.1) is 0 Å². The van der Waals surface area contributed by atoms with Crippen LogP contribution in [0.2, 0.25) is 0 Å². The first-order valence-electron chi connectivity index (χ1n) is 6.85. The Hall–Kier alpha value is -1.13. The lowest BCUT2D eigenvalue weighted by molar-refractivity contribution is 0.379. The average Bonchev–Trinajstić information content (AvgIpc) is 2.81. The van der Waals surface area contributed by atoms with E-state index in [-0.39, 0.29) is 11.9 Å². The number of halogens is 1. The van der Waals surface area contributed by atoms with Crippen LogP contribution in [0, 0.1) is 11.7 Å². The maximum Gasteiger partial charge on any atom is 0.165 e. The fourth-order valence-electron chi connectivity index (χ4n) is 2.61. The summed E-state index contributed by atoms with van der Waals surface area (Å²) in [6.45, 7) is 5.38. The first kappa shape index (κ1) is 14.3. The van der Waals surface area contributed by atoms with Crippen LogP contribution in [-0.4, -0.2) is 38.7 Å². The molecule has 3 nitrogen and oxygen atoms in total. The summed E-state index contributed by atoms with van der Waals surface area (Å²) in [6.07, 6.45) is 1.24. The van der Waals surface area contributed by atoms with Crippen LogP contribution in [0.4, 0.5) is 4.39 Å². The highest BCUT2D eigenvalue weighted by Crippen LogP contribution is 2.22. The maximum absolute atomic E-state index is 13.6. The molecule has 4 heteroatoms. The van der Waals surface area contributed by atoms with Crippen LogP contribution in [0.1, 0.15) is 24.9 Å². The van der Waals surface area contributed by atoms with E-state index in [0.29, 0.717) is 11.7 Å². The Morgan fingerprint density at radius 3 is 2.89 bits per heavy atom. The quantitative estimate of drug-likeness (QED) is 0.886. The summed E-state index contributed by atoms with van der Waals surface area (Å²) >= 11 is 0. The van der Waals surface area contributed by atoms with Gasteiger partial charge in [0.15, 0.2) is 11.6 Å². The van der Waals surface area contributed by atoms with E-state index in [2.05, 4.69) is 24.2 Å². The molecular weight excluding hydrogens is 243 g/mol. The Labute approximate surface area is 114 Å². The predicted molar refractivity (Wildman–Crippen MR) is 75.0 cm³/mol. The number of nitrogens with one attached hydrogen (secondary N) is 1. The van der Waals surface area contributed by atoms with Gasteiger partial charge in [-0.2, -0.15) is 0 Å². The number of benzene rings is 1. The highest BCUT2D eigenvalue weighted by Gasteiger charge is 2.20. The molecule has 106 valence electrons. The number of hydrogen-bond acceptors (Lipinski definition) is 3. The Kier molecular flexibility index (Phi) is 4.77. The number of likely N-dealkylation sites (tertiary alicyclic amines) is 1. The summed E-state index contributed by atoms with van der Waals surface area (Å²) in [4.78, 5) is 2.35. The molecular formula is C15H23FN2O. The van der Waals surface area contributed by atoms with E-state index in [1.54, 1.807) is 12.1 Å². The molecule has 0 bridgehead atoms. The third-order valence-corrected chi connectivity index (χ3v) is 3.88. The third-order valence-electron chi connectivity index (χ3n) is 3.88. The summed E-state index contributed by atoms with van der Waals surface area (Å²) in [6, 6.07) is 5.32. The van der Waals surface area contributed by atoms with Crippen LogP contribution in [-0.2, 0) is 0 Å². The first-order valence-corrected chi connectivity index (χ1v) is 6.85. The van der Waals surface area contributed by atoms with Crippen LogP contribution in [0.3, 0.4) is 0 Å². The van der Waals surface area contributed by atoms with E-state index in [1.807, 2.05) is 6.07 Å². The molecule has 1 aliphatic rings. The molecule has 1 N–H and O–H groups in total. The lowest BCUT2D eigenvalue weighted by atomic mass is 10.1. The van der Waals surface area contributed by atoms with Crippen molar-refractivity contribution in [2.24, 2.45) is 5.92 Å². The maximum atomic E-state index is 13.6. The van der Waals surface area contributed by atoms with Crippen molar-refractivity contribution in [1.29, 1.82) is 0 Å². The Morgan fingerprint density at radius 1 is 1.53 bits per heavy atom. The predicted octanol–water partition coefficient (Wildman–Crippen LogP) is 2.44. The summed E-state index contributed by atoms with van der Waals surface area (Å²) in [5.74, 6) is 0.707. The lowest BCUT2D eigenvalue weighted by Gasteiger charge is -2.18. The molecule has 0 saturated carbocycles. The van der Waals surface area contributed by atoms with Crippen molar-refractivity contribution >= 4 is 0 Å².